The predicted molar refractivity (Wildman–Crippen MR) is 89.3 cm³/mol. The number of hydrogen-bond donors (Lipinski definition) is 0. The number of hydrogen-bond acceptors (Lipinski definition) is 3. The van der Waals surface area contributed by atoms with Crippen LogP contribution in [-0.4, -0.2) is 10.9 Å². The van der Waals surface area contributed by atoms with Gasteiger partial charge in [-0.25, -0.2) is 0 Å². The summed E-state index contributed by atoms with van der Waals surface area (Å²) in [6, 6.07) is 24.8. The SMILES string of the molecule is O=C(c1cc(-c2ccccc2)on1)c1cccc2ccccc12. The number of benzene rings is 3. The topological polar surface area (TPSA) is 43.1 Å². The van der Waals surface area contributed by atoms with E-state index < -0.39 is 0 Å². The summed E-state index contributed by atoms with van der Waals surface area (Å²) < 4.78 is 5.33. The van der Waals surface area contributed by atoms with Crippen molar-refractivity contribution in [1.29, 1.82) is 0 Å². The van der Waals surface area contributed by atoms with Crippen molar-refractivity contribution < 1.29 is 9.32 Å². The van der Waals surface area contributed by atoms with E-state index in [1.54, 1.807) is 6.07 Å². The fraction of sp³-hybridized carbons (Fsp3) is 0. The second-order valence-electron chi connectivity index (χ2n) is 5.30. The minimum absolute atomic E-state index is 0.132. The van der Waals surface area contributed by atoms with Crippen molar-refractivity contribution in [2.24, 2.45) is 0 Å². The van der Waals surface area contributed by atoms with Crippen molar-refractivity contribution in [1.82, 2.24) is 5.16 Å². The molecule has 4 rings (SSSR count). The van der Waals surface area contributed by atoms with Crippen molar-refractivity contribution in [3.63, 3.8) is 0 Å². The van der Waals surface area contributed by atoms with E-state index in [4.69, 9.17) is 4.52 Å². The Kier molecular flexibility index (Phi) is 3.24. The van der Waals surface area contributed by atoms with Gasteiger partial charge < -0.3 is 4.52 Å². The molecule has 4 aromatic rings. The van der Waals surface area contributed by atoms with Crippen molar-refractivity contribution in [3.8, 4) is 11.3 Å². The normalized spacial score (nSPS) is 10.8. The van der Waals surface area contributed by atoms with Crippen LogP contribution in [0.15, 0.2) is 83.4 Å². The Morgan fingerprint density at radius 3 is 2.43 bits per heavy atom. The summed E-state index contributed by atoms with van der Waals surface area (Å²) in [5.41, 5.74) is 1.85. The highest BCUT2D eigenvalue weighted by Crippen LogP contribution is 2.24. The molecule has 0 bridgehead atoms. The van der Waals surface area contributed by atoms with E-state index in [1.807, 2.05) is 72.8 Å². The van der Waals surface area contributed by atoms with E-state index >= 15 is 0 Å². The summed E-state index contributed by atoms with van der Waals surface area (Å²) in [6.45, 7) is 0. The highest BCUT2D eigenvalue weighted by molar-refractivity contribution is 6.15. The molecule has 0 saturated carbocycles. The Hall–Kier alpha value is -3.20. The van der Waals surface area contributed by atoms with Crippen LogP contribution >= 0.6 is 0 Å². The van der Waals surface area contributed by atoms with E-state index in [2.05, 4.69) is 5.16 Å². The minimum atomic E-state index is -0.132. The van der Waals surface area contributed by atoms with Crippen molar-refractivity contribution in [3.05, 3.63) is 90.1 Å². The molecule has 0 fully saturated rings. The number of nitrogens with zero attached hydrogens (tertiary/aromatic N) is 1. The first-order chi connectivity index (χ1) is 11.3. The zero-order valence-electron chi connectivity index (χ0n) is 12.3. The lowest BCUT2D eigenvalue weighted by Gasteiger charge is -2.03. The Bertz CT molecular complexity index is 981. The lowest BCUT2D eigenvalue weighted by atomic mass is 9.99. The third kappa shape index (κ3) is 2.42. The number of rotatable bonds is 3. The number of ketones is 1. The third-order valence-electron chi connectivity index (χ3n) is 3.84. The summed E-state index contributed by atoms with van der Waals surface area (Å²) in [5.74, 6) is 0.460. The van der Waals surface area contributed by atoms with Crippen LogP contribution in [0.4, 0.5) is 0 Å². The van der Waals surface area contributed by atoms with Crippen LogP contribution in [0.1, 0.15) is 16.1 Å². The molecule has 1 aromatic heterocycles. The van der Waals surface area contributed by atoms with Gasteiger partial charge in [0.15, 0.2) is 11.5 Å². The van der Waals surface area contributed by atoms with Crippen LogP contribution in [0.2, 0.25) is 0 Å². The Morgan fingerprint density at radius 2 is 1.57 bits per heavy atom. The second-order valence-corrected chi connectivity index (χ2v) is 5.30. The van der Waals surface area contributed by atoms with Crippen molar-refractivity contribution in [2.75, 3.05) is 0 Å². The molecular weight excluding hydrogens is 286 g/mol. The van der Waals surface area contributed by atoms with Gasteiger partial charge in [0.2, 0.25) is 5.78 Å². The number of carbonyl (C=O) groups is 1. The average molecular weight is 299 g/mol. The molecule has 0 aliphatic heterocycles. The smallest absolute Gasteiger partial charge is 0.215 e. The molecule has 0 unspecified atom stereocenters. The molecule has 3 heteroatoms. The molecule has 0 aliphatic carbocycles. The number of aromatic nitrogens is 1. The maximum atomic E-state index is 12.8. The van der Waals surface area contributed by atoms with Crippen LogP contribution < -0.4 is 0 Å². The van der Waals surface area contributed by atoms with Gasteiger partial charge >= 0.3 is 0 Å². The third-order valence-corrected chi connectivity index (χ3v) is 3.84. The second kappa shape index (κ2) is 5.54. The summed E-state index contributed by atoms with van der Waals surface area (Å²) in [4.78, 5) is 12.8. The molecule has 0 spiro atoms. The van der Waals surface area contributed by atoms with Gasteiger partial charge in [-0.3, -0.25) is 4.79 Å². The Balaban J connectivity index is 1.76. The van der Waals surface area contributed by atoms with E-state index in [-0.39, 0.29) is 5.78 Å². The van der Waals surface area contributed by atoms with E-state index in [1.165, 1.54) is 0 Å². The lowest BCUT2D eigenvalue weighted by molar-refractivity contribution is 0.103. The van der Waals surface area contributed by atoms with Gasteiger partial charge in [0.25, 0.3) is 0 Å². The molecule has 0 N–H and O–H groups in total. The first kappa shape index (κ1) is 13.5. The highest BCUT2D eigenvalue weighted by Gasteiger charge is 2.17. The standard InChI is InChI=1S/C20H13NO2/c22-20(17-12-6-10-14-7-4-5-11-16(14)17)18-13-19(23-21-18)15-8-2-1-3-9-15/h1-13H. The fourth-order valence-electron chi connectivity index (χ4n) is 2.68. The summed E-state index contributed by atoms with van der Waals surface area (Å²) in [6.07, 6.45) is 0. The quantitative estimate of drug-likeness (QED) is 0.514. The molecule has 0 atom stereocenters. The Labute approximate surface area is 133 Å². The van der Waals surface area contributed by atoms with Crippen LogP contribution in [0.25, 0.3) is 22.1 Å². The first-order valence-corrected chi connectivity index (χ1v) is 7.37. The molecule has 110 valence electrons. The molecular formula is C20H13NO2. The van der Waals surface area contributed by atoms with Crippen LogP contribution in [-0.2, 0) is 0 Å². The molecule has 23 heavy (non-hydrogen) atoms. The van der Waals surface area contributed by atoms with Crippen LogP contribution in [0, 0.1) is 0 Å². The highest BCUT2D eigenvalue weighted by atomic mass is 16.5. The first-order valence-electron chi connectivity index (χ1n) is 7.37. The van der Waals surface area contributed by atoms with Gasteiger partial charge in [0.1, 0.15) is 0 Å². The largest absolute Gasteiger partial charge is 0.356 e. The van der Waals surface area contributed by atoms with Gasteiger partial charge in [0, 0.05) is 17.2 Å². The Morgan fingerprint density at radius 1 is 0.826 bits per heavy atom. The zero-order valence-corrected chi connectivity index (χ0v) is 12.3. The molecule has 0 aliphatic rings. The fourth-order valence-corrected chi connectivity index (χ4v) is 2.68. The molecule has 3 aromatic carbocycles. The average Bonchev–Trinajstić information content (AvgIpc) is 3.11. The molecule has 0 amide bonds. The van der Waals surface area contributed by atoms with E-state index in [0.717, 1.165) is 16.3 Å². The summed E-state index contributed by atoms with van der Waals surface area (Å²) in [5, 5.41) is 5.90. The van der Waals surface area contributed by atoms with Crippen LogP contribution in [0.5, 0.6) is 0 Å². The van der Waals surface area contributed by atoms with E-state index in [0.29, 0.717) is 17.0 Å². The molecule has 0 saturated heterocycles. The molecule has 1 heterocycles. The molecule has 0 radical (unpaired) electrons. The summed E-state index contributed by atoms with van der Waals surface area (Å²) >= 11 is 0. The summed E-state index contributed by atoms with van der Waals surface area (Å²) in [7, 11) is 0. The van der Waals surface area contributed by atoms with Gasteiger partial charge in [-0.1, -0.05) is 78.0 Å². The maximum absolute atomic E-state index is 12.8. The zero-order chi connectivity index (χ0) is 15.6. The van der Waals surface area contributed by atoms with Gasteiger partial charge in [-0.05, 0) is 10.8 Å². The van der Waals surface area contributed by atoms with Gasteiger partial charge in [0.05, 0.1) is 0 Å². The van der Waals surface area contributed by atoms with Crippen LogP contribution in [0.3, 0.4) is 0 Å². The van der Waals surface area contributed by atoms with Gasteiger partial charge in [-0.2, -0.15) is 0 Å². The monoisotopic (exact) mass is 299 g/mol. The number of fused-ring (bicyclic) bond motifs is 1. The molecule has 3 nitrogen and oxygen atoms in total. The van der Waals surface area contributed by atoms with Crippen molar-refractivity contribution >= 4 is 16.6 Å². The lowest BCUT2D eigenvalue weighted by Crippen LogP contribution is -2.02. The van der Waals surface area contributed by atoms with Crippen molar-refractivity contribution in [2.45, 2.75) is 0 Å². The van der Waals surface area contributed by atoms with E-state index in [9.17, 15) is 4.79 Å². The maximum Gasteiger partial charge on any atom is 0.215 e. The van der Waals surface area contributed by atoms with Gasteiger partial charge in [-0.15, -0.1) is 0 Å². The predicted octanol–water partition coefficient (Wildman–Crippen LogP) is 4.73. The minimum Gasteiger partial charge on any atom is -0.356 e. The number of carbonyl (C=O) groups excluding carboxylic acids is 1.